The average Bonchev–Trinajstić information content (AvgIpc) is 3.16. The van der Waals surface area contributed by atoms with Gasteiger partial charge in [-0.1, -0.05) is 19.0 Å². The summed E-state index contributed by atoms with van der Waals surface area (Å²) in [7, 11) is 0. The van der Waals surface area contributed by atoms with E-state index < -0.39 is 0 Å². The van der Waals surface area contributed by atoms with Crippen LogP contribution in [0.15, 0.2) is 16.7 Å². The number of aromatic nitrogens is 1. The van der Waals surface area contributed by atoms with Crippen LogP contribution in [0.25, 0.3) is 11.0 Å². The van der Waals surface area contributed by atoms with Gasteiger partial charge < -0.3 is 14.7 Å². The fraction of sp³-hybridized carbons (Fsp3) is 0.680. The van der Waals surface area contributed by atoms with E-state index in [0.717, 1.165) is 43.1 Å². The molecule has 170 valence electrons. The lowest BCUT2D eigenvalue weighted by molar-refractivity contribution is -0.125. The molecule has 0 spiro atoms. The van der Waals surface area contributed by atoms with Crippen molar-refractivity contribution in [1.82, 2.24) is 15.4 Å². The monoisotopic (exact) mass is 537 g/mol. The Balaban J connectivity index is 1.21. The molecule has 0 atom stereocenters. The van der Waals surface area contributed by atoms with Crippen LogP contribution in [0.4, 0.5) is 0 Å². The summed E-state index contributed by atoms with van der Waals surface area (Å²) in [5, 5.41) is 8.88. The smallest absolute Gasteiger partial charge is 0.222 e. The summed E-state index contributed by atoms with van der Waals surface area (Å²) in [4.78, 5) is 14.6. The van der Waals surface area contributed by atoms with Crippen LogP contribution in [-0.4, -0.2) is 41.6 Å². The second kappa shape index (κ2) is 10.2. The number of likely N-dealkylation sites (tertiary alicyclic amines) is 1. The van der Waals surface area contributed by atoms with Gasteiger partial charge >= 0.3 is 0 Å². The number of aryl methyl sites for hydroxylation is 1. The first-order chi connectivity index (χ1) is 14.9. The molecule has 1 aromatic carbocycles. The lowest BCUT2D eigenvalue weighted by atomic mass is 9.83. The third-order valence-corrected chi connectivity index (χ3v) is 8.49. The van der Waals surface area contributed by atoms with E-state index in [2.05, 4.69) is 57.0 Å². The molecule has 4 rings (SSSR count). The Kier molecular flexibility index (Phi) is 7.57. The second-order valence-corrected chi connectivity index (χ2v) is 11.1. The van der Waals surface area contributed by atoms with Gasteiger partial charge in [0.25, 0.3) is 0 Å². The Morgan fingerprint density at radius 1 is 1.19 bits per heavy atom. The Labute approximate surface area is 199 Å². The molecule has 0 bridgehead atoms. The molecule has 1 saturated heterocycles. The normalized spacial score (nSPS) is 23.5. The summed E-state index contributed by atoms with van der Waals surface area (Å²) in [6.07, 6.45) is 8.41. The van der Waals surface area contributed by atoms with Crippen LogP contribution < -0.4 is 5.32 Å². The highest BCUT2D eigenvalue weighted by Crippen LogP contribution is 2.34. The Morgan fingerprint density at radius 2 is 1.90 bits per heavy atom. The maximum Gasteiger partial charge on any atom is 0.222 e. The molecule has 1 N–H and O–H groups in total. The van der Waals surface area contributed by atoms with Gasteiger partial charge in [-0.25, -0.2) is 0 Å². The maximum absolute atomic E-state index is 11.9. The predicted molar refractivity (Wildman–Crippen MR) is 133 cm³/mol. The molecule has 2 fully saturated rings. The number of carbonyl (C=O) groups excluding carboxylic acids is 1. The topological polar surface area (TPSA) is 58.4 Å². The van der Waals surface area contributed by atoms with Gasteiger partial charge in [0.15, 0.2) is 5.58 Å². The SMILES string of the molecule is Cc1cc2c(C3CCN(CCC4CCC(NC(=O)C(C)C)CC4)CC3)noc2cc1I. The Morgan fingerprint density at radius 3 is 2.58 bits per heavy atom. The van der Waals surface area contributed by atoms with Crippen molar-refractivity contribution in [2.75, 3.05) is 19.6 Å². The molecule has 1 amide bonds. The number of halogens is 1. The van der Waals surface area contributed by atoms with Crippen LogP contribution in [0, 0.1) is 22.3 Å². The number of piperidine rings is 1. The van der Waals surface area contributed by atoms with E-state index in [9.17, 15) is 4.79 Å². The van der Waals surface area contributed by atoms with Crippen LogP contribution in [0.2, 0.25) is 0 Å². The zero-order valence-electron chi connectivity index (χ0n) is 19.1. The Hall–Kier alpha value is -1.15. The summed E-state index contributed by atoms with van der Waals surface area (Å²) in [6.45, 7) is 9.61. The Bertz CT molecular complexity index is 894. The molecule has 2 aliphatic rings. The molecule has 2 heterocycles. The van der Waals surface area contributed by atoms with Crippen LogP contribution >= 0.6 is 22.6 Å². The van der Waals surface area contributed by atoms with Gasteiger partial charge in [-0.2, -0.15) is 0 Å². The van der Waals surface area contributed by atoms with Gasteiger partial charge in [-0.3, -0.25) is 4.79 Å². The van der Waals surface area contributed by atoms with Crippen LogP contribution in [0.1, 0.15) is 76.0 Å². The molecule has 1 aliphatic heterocycles. The number of fused-ring (bicyclic) bond motifs is 1. The fourth-order valence-electron chi connectivity index (χ4n) is 5.14. The van der Waals surface area contributed by atoms with Gasteiger partial charge in [0.05, 0.1) is 5.69 Å². The minimum absolute atomic E-state index is 0.0867. The largest absolute Gasteiger partial charge is 0.356 e. The van der Waals surface area contributed by atoms with Crippen LogP contribution in [-0.2, 0) is 4.79 Å². The molecular formula is C25H36IN3O2. The summed E-state index contributed by atoms with van der Waals surface area (Å²) in [5.74, 6) is 1.62. The number of nitrogens with zero attached hydrogens (tertiary/aromatic N) is 2. The third kappa shape index (κ3) is 5.62. The molecule has 5 nitrogen and oxygen atoms in total. The van der Waals surface area contributed by atoms with Crippen molar-refractivity contribution in [2.24, 2.45) is 11.8 Å². The zero-order valence-corrected chi connectivity index (χ0v) is 21.3. The number of amides is 1. The zero-order chi connectivity index (χ0) is 22.0. The lowest BCUT2D eigenvalue weighted by Gasteiger charge is -2.34. The van der Waals surface area contributed by atoms with Gasteiger partial charge in [0, 0.05) is 26.8 Å². The maximum atomic E-state index is 11.9. The average molecular weight is 537 g/mol. The fourth-order valence-corrected chi connectivity index (χ4v) is 5.58. The highest BCUT2D eigenvalue weighted by molar-refractivity contribution is 14.1. The molecule has 2 aromatic rings. The standard InChI is InChI=1S/C25H36IN3O2/c1-16(2)25(30)27-20-6-4-18(5-7-20)8-11-29-12-9-19(10-13-29)24-21-14-17(3)22(26)15-23(21)31-28-24/h14-16,18-20H,4-13H2,1-3H3,(H,27,30). The molecule has 1 aliphatic carbocycles. The third-order valence-electron chi connectivity index (χ3n) is 7.32. The van der Waals surface area contributed by atoms with Crippen molar-refractivity contribution in [2.45, 2.75) is 77.7 Å². The number of nitrogens with one attached hydrogen (secondary N) is 1. The van der Waals surface area contributed by atoms with Gasteiger partial charge in [-0.05, 0) is 118 Å². The van der Waals surface area contributed by atoms with E-state index >= 15 is 0 Å². The van der Waals surface area contributed by atoms with Crippen LogP contribution in [0.3, 0.4) is 0 Å². The first kappa shape index (κ1) is 23.0. The molecule has 31 heavy (non-hydrogen) atoms. The summed E-state index contributed by atoms with van der Waals surface area (Å²) in [5.41, 5.74) is 3.39. The van der Waals surface area contributed by atoms with E-state index in [4.69, 9.17) is 4.52 Å². The van der Waals surface area contributed by atoms with Crippen molar-refractivity contribution in [1.29, 1.82) is 0 Å². The van der Waals surface area contributed by atoms with E-state index in [1.54, 1.807) is 0 Å². The lowest BCUT2D eigenvalue weighted by Crippen LogP contribution is -2.40. The minimum atomic E-state index is 0.0867. The van der Waals surface area contributed by atoms with Gasteiger partial charge in [-0.15, -0.1) is 0 Å². The predicted octanol–water partition coefficient (Wildman–Crippen LogP) is 5.64. The van der Waals surface area contributed by atoms with Crippen molar-refractivity contribution in [3.05, 3.63) is 27.0 Å². The first-order valence-corrected chi connectivity index (χ1v) is 13.1. The number of hydrogen-bond donors (Lipinski definition) is 1. The second-order valence-electron chi connectivity index (χ2n) is 9.95. The summed E-state index contributed by atoms with van der Waals surface area (Å²) in [6, 6.07) is 4.75. The van der Waals surface area contributed by atoms with Crippen molar-refractivity contribution in [3.63, 3.8) is 0 Å². The van der Waals surface area contributed by atoms with E-state index in [1.165, 1.54) is 53.2 Å². The summed E-state index contributed by atoms with van der Waals surface area (Å²) < 4.78 is 6.88. The van der Waals surface area contributed by atoms with Crippen molar-refractivity contribution < 1.29 is 9.32 Å². The molecule has 1 saturated carbocycles. The number of benzene rings is 1. The minimum Gasteiger partial charge on any atom is -0.356 e. The number of rotatable bonds is 6. The highest BCUT2D eigenvalue weighted by Gasteiger charge is 2.27. The quantitative estimate of drug-likeness (QED) is 0.485. The van der Waals surface area contributed by atoms with Crippen molar-refractivity contribution in [3.8, 4) is 0 Å². The molecule has 6 heteroatoms. The first-order valence-electron chi connectivity index (χ1n) is 12.0. The van der Waals surface area contributed by atoms with E-state index in [1.807, 2.05) is 13.8 Å². The van der Waals surface area contributed by atoms with Crippen LogP contribution in [0.5, 0.6) is 0 Å². The molecule has 1 aromatic heterocycles. The van der Waals surface area contributed by atoms with E-state index in [0.29, 0.717) is 12.0 Å². The number of hydrogen-bond acceptors (Lipinski definition) is 4. The highest BCUT2D eigenvalue weighted by atomic mass is 127. The van der Waals surface area contributed by atoms with E-state index in [-0.39, 0.29) is 11.8 Å². The molecular weight excluding hydrogens is 501 g/mol. The molecule has 0 unspecified atom stereocenters. The molecule has 0 radical (unpaired) electrons. The number of carbonyl (C=O) groups is 1. The van der Waals surface area contributed by atoms with Gasteiger partial charge in [0.1, 0.15) is 0 Å². The summed E-state index contributed by atoms with van der Waals surface area (Å²) >= 11 is 2.36. The van der Waals surface area contributed by atoms with Gasteiger partial charge in [0.2, 0.25) is 5.91 Å². The van der Waals surface area contributed by atoms with Crippen molar-refractivity contribution >= 4 is 39.5 Å².